The van der Waals surface area contributed by atoms with Gasteiger partial charge in [0.1, 0.15) is 5.82 Å². The number of imidazole rings is 1. The largest absolute Gasteiger partial charge is 0.478 e. The van der Waals surface area contributed by atoms with Gasteiger partial charge in [-0.2, -0.15) is 0 Å². The summed E-state index contributed by atoms with van der Waals surface area (Å²) >= 11 is 0. The van der Waals surface area contributed by atoms with Crippen LogP contribution in [0.1, 0.15) is 20.7 Å². The van der Waals surface area contributed by atoms with E-state index in [1.54, 1.807) is 30.3 Å². The van der Waals surface area contributed by atoms with E-state index in [-0.39, 0.29) is 11.5 Å². The summed E-state index contributed by atoms with van der Waals surface area (Å²) in [6.07, 6.45) is 0. The zero-order chi connectivity index (χ0) is 18.8. The van der Waals surface area contributed by atoms with Crippen molar-refractivity contribution >= 4 is 28.6 Å². The van der Waals surface area contributed by atoms with Gasteiger partial charge in [0.15, 0.2) is 0 Å². The number of benzene rings is 3. The average molecular weight is 357 g/mol. The second kappa shape index (κ2) is 6.76. The SMILES string of the molecule is O=C(O)c1ccc(-c2nc3ccc(NC(=O)c4ccccc4)cc3[nH]2)cc1. The van der Waals surface area contributed by atoms with Gasteiger partial charge in [-0.05, 0) is 42.5 Å². The maximum Gasteiger partial charge on any atom is 0.335 e. The number of aromatic amines is 1. The molecule has 27 heavy (non-hydrogen) atoms. The van der Waals surface area contributed by atoms with Crippen LogP contribution < -0.4 is 5.32 Å². The fraction of sp³-hybridized carbons (Fsp3) is 0. The van der Waals surface area contributed by atoms with Crippen LogP contribution in [0.5, 0.6) is 0 Å². The predicted molar refractivity (Wildman–Crippen MR) is 103 cm³/mol. The smallest absolute Gasteiger partial charge is 0.335 e. The van der Waals surface area contributed by atoms with Crippen LogP contribution in [0.3, 0.4) is 0 Å². The Morgan fingerprint density at radius 3 is 2.33 bits per heavy atom. The molecule has 0 aliphatic heterocycles. The molecule has 0 aliphatic rings. The van der Waals surface area contributed by atoms with Gasteiger partial charge in [-0.15, -0.1) is 0 Å². The highest BCUT2D eigenvalue weighted by Crippen LogP contribution is 2.23. The molecule has 3 N–H and O–H groups in total. The number of aromatic nitrogens is 2. The van der Waals surface area contributed by atoms with E-state index in [4.69, 9.17) is 5.11 Å². The van der Waals surface area contributed by atoms with E-state index in [1.807, 2.05) is 30.3 Å². The molecule has 0 fully saturated rings. The highest BCUT2D eigenvalue weighted by molar-refractivity contribution is 6.05. The number of hydrogen-bond donors (Lipinski definition) is 3. The third-order valence-electron chi connectivity index (χ3n) is 4.18. The van der Waals surface area contributed by atoms with Crippen LogP contribution in [0.2, 0.25) is 0 Å². The lowest BCUT2D eigenvalue weighted by Gasteiger charge is -2.04. The Morgan fingerprint density at radius 2 is 1.63 bits per heavy atom. The molecule has 1 aromatic heterocycles. The van der Waals surface area contributed by atoms with E-state index in [1.165, 1.54) is 12.1 Å². The molecule has 0 radical (unpaired) electrons. The van der Waals surface area contributed by atoms with Crippen LogP contribution in [0.25, 0.3) is 22.4 Å². The summed E-state index contributed by atoms with van der Waals surface area (Å²) in [5.74, 6) is -0.516. The average Bonchev–Trinajstić information content (AvgIpc) is 3.12. The minimum Gasteiger partial charge on any atom is -0.478 e. The highest BCUT2D eigenvalue weighted by atomic mass is 16.4. The van der Waals surface area contributed by atoms with Crippen LogP contribution in [0, 0.1) is 0 Å². The zero-order valence-corrected chi connectivity index (χ0v) is 14.1. The van der Waals surface area contributed by atoms with Crippen molar-refractivity contribution in [2.45, 2.75) is 0 Å². The molecule has 6 nitrogen and oxygen atoms in total. The molecule has 0 saturated heterocycles. The lowest BCUT2D eigenvalue weighted by Crippen LogP contribution is -2.11. The molecule has 4 aromatic rings. The lowest BCUT2D eigenvalue weighted by molar-refractivity contribution is 0.0696. The van der Waals surface area contributed by atoms with Crippen molar-refractivity contribution in [1.29, 1.82) is 0 Å². The summed E-state index contributed by atoms with van der Waals surface area (Å²) in [4.78, 5) is 31.0. The summed E-state index contributed by atoms with van der Waals surface area (Å²) in [7, 11) is 0. The Hall–Kier alpha value is -3.93. The number of H-pyrrole nitrogens is 1. The van der Waals surface area contributed by atoms with Crippen molar-refractivity contribution in [2.75, 3.05) is 5.32 Å². The van der Waals surface area contributed by atoms with Gasteiger partial charge >= 0.3 is 5.97 Å². The maximum absolute atomic E-state index is 12.3. The minimum absolute atomic E-state index is 0.182. The third-order valence-corrected chi connectivity index (χ3v) is 4.18. The topological polar surface area (TPSA) is 95.1 Å². The number of rotatable bonds is 4. The molecule has 0 spiro atoms. The molecule has 132 valence electrons. The van der Waals surface area contributed by atoms with Crippen molar-refractivity contribution in [3.63, 3.8) is 0 Å². The van der Waals surface area contributed by atoms with Crippen molar-refractivity contribution in [3.05, 3.63) is 83.9 Å². The molecule has 0 saturated carbocycles. The number of nitrogens with one attached hydrogen (secondary N) is 2. The van der Waals surface area contributed by atoms with Crippen LogP contribution in [0.4, 0.5) is 5.69 Å². The molecule has 0 bridgehead atoms. The molecular formula is C21H15N3O3. The fourth-order valence-electron chi connectivity index (χ4n) is 2.79. The Balaban J connectivity index is 1.60. The number of nitrogens with zero attached hydrogens (tertiary/aromatic N) is 1. The molecule has 0 aliphatic carbocycles. The first-order chi connectivity index (χ1) is 13.1. The van der Waals surface area contributed by atoms with E-state index < -0.39 is 5.97 Å². The monoisotopic (exact) mass is 357 g/mol. The third kappa shape index (κ3) is 3.41. The number of hydrogen-bond acceptors (Lipinski definition) is 3. The molecule has 1 heterocycles. The second-order valence-electron chi connectivity index (χ2n) is 6.02. The maximum atomic E-state index is 12.3. The minimum atomic E-state index is -0.968. The van der Waals surface area contributed by atoms with Gasteiger partial charge in [0.25, 0.3) is 5.91 Å². The first kappa shape index (κ1) is 16.5. The molecule has 3 aromatic carbocycles. The number of aromatic carboxylic acids is 1. The number of carboxylic acids is 1. The fourth-order valence-corrected chi connectivity index (χ4v) is 2.79. The molecular weight excluding hydrogens is 342 g/mol. The van der Waals surface area contributed by atoms with Gasteiger partial charge in [-0.3, -0.25) is 4.79 Å². The second-order valence-corrected chi connectivity index (χ2v) is 6.02. The van der Waals surface area contributed by atoms with Gasteiger partial charge < -0.3 is 15.4 Å². The van der Waals surface area contributed by atoms with Gasteiger partial charge in [0.2, 0.25) is 0 Å². The highest BCUT2D eigenvalue weighted by Gasteiger charge is 2.10. The summed E-state index contributed by atoms with van der Waals surface area (Å²) in [6.45, 7) is 0. The number of anilines is 1. The first-order valence-electron chi connectivity index (χ1n) is 8.30. The standard InChI is InChI=1S/C21H15N3O3/c25-20(14-4-2-1-3-5-14)22-16-10-11-17-18(12-16)24-19(23-17)13-6-8-15(9-7-13)21(26)27/h1-12H,(H,22,25)(H,23,24)(H,26,27). The van der Waals surface area contributed by atoms with Crippen LogP contribution in [-0.4, -0.2) is 27.0 Å². The lowest BCUT2D eigenvalue weighted by atomic mass is 10.1. The normalized spacial score (nSPS) is 10.7. The van der Waals surface area contributed by atoms with E-state index in [0.29, 0.717) is 17.1 Å². The van der Waals surface area contributed by atoms with E-state index in [0.717, 1.165) is 16.6 Å². The van der Waals surface area contributed by atoms with Crippen molar-refractivity contribution in [3.8, 4) is 11.4 Å². The van der Waals surface area contributed by atoms with Crippen LogP contribution in [-0.2, 0) is 0 Å². The molecule has 0 atom stereocenters. The summed E-state index contributed by atoms with van der Waals surface area (Å²) in [5.41, 5.74) is 3.78. The van der Waals surface area contributed by atoms with Crippen LogP contribution in [0.15, 0.2) is 72.8 Å². The summed E-state index contributed by atoms with van der Waals surface area (Å²) in [5, 5.41) is 11.9. The van der Waals surface area contributed by atoms with E-state index in [9.17, 15) is 9.59 Å². The number of fused-ring (bicyclic) bond motifs is 1. The number of carbonyl (C=O) groups excluding carboxylic acids is 1. The number of carbonyl (C=O) groups is 2. The molecule has 1 amide bonds. The van der Waals surface area contributed by atoms with Crippen molar-refractivity contribution in [2.24, 2.45) is 0 Å². The van der Waals surface area contributed by atoms with Crippen molar-refractivity contribution in [1.82, 2.24) is 9.97 Å². The summed E-state index contributed by atoms with van der Waals surface area (Å²) < 4.78 is 0. The Morgan fingerprint density at radius 1 is 0.889 bits per heavy atom. The van der Waals surface area contributed by atoms with Crippen molar-refractivity contribution < 1.29 is 14.7 Å². The quantitative estimate of drug-likeness (QED) is 0.510. The number of amides is 1. The molecule has 4 rings (SSSR count). The first-order valence-corrected chi connectivity index (χ1v) is 8.30. The van der Waals surface area contributed by atoms with Gasteiger partial charge in [-0.25, -0.2) is 9.78 Å². The van der Waals surface area contributed by atoms with E-state index >= 15 is 0 Å². The van der Waals surface area contributed by atoms with Crippen LogP contribution >= 0.6 is 0 Å². The van der Waals surface area contributed by atoms with E-state index in [2.05, 4.69) is 15.3 Å². The zero-order valence-electron chi connectivity index (χ0n) is 14.1. The Kier molecular flexibility index (Phi) is 4.14. The number of carboxylic acid groups (broad SMARTS) is 1. The molecule has 0 unspecified atom stereocenters. The Labute approximate surface area is 154 Å². The Bertz CT molecular complexity index is 1130. The molecule has 6 heteroatoms. The van der Waals surface area contributed by atoms with Gasteiger partial charge in [0, 0.05) is 16.8 Å². The van der Waals surface area contributed by atoms with Gasteiger partial charge in [-0.1, -0.05) is 30.3 Å². The predicted octanol–water partition coefficient (Wildman–Crippen LogP) is 4.18. The summed E-state index contributed by atoms with van der Waals surface area (Å²) in [6, 6.07) is 20.9. The van der Waals surface area contributed by atoms with Gasteiger partial charge in [0.05, 0.1) is 16.6 Å².